The van der Waals surface area contributed by atoms with Crippen LogP contribution in [-0.4, -0.2) is 32.3 Å². The molecule has 1 unspecified atom stereocenters. The predicted molar refractivity (Wildman–Crippen MR) is 80.8 cm³/mol. The van der Waals surface area contributed by atoms with Crippen molar-refractivity contribution < 1.29 is 4.74 Å². The van der Waals surface area contributed by atoms with E-state index in [9.17, 15) is 0 Å². The molecule has 1 fully saturated rings. The SMILES string of the molecule is CCC(NC)c1ccccc1N1CCOCC1(C)C. The molecule has 106 valence electrons. The zero-order chi connectivity index (χ0) is 13.9. The highest BCUT2D eigenvalue weighted by molar-refractivity contribution is 5.57. The number of rotatable bonds is 4. The summed E-state index contributed by atoms with van der Waals surface area (Å²) in [5.41, 5.74) is 2.79. The molecule has 0 aromatic heterocycles. The van der Waals surface area contributed by atoms with Crippen LogP contribution in [0, 0.1) is 0 Å². The van der Waals surface area contributed by atoms with Gasteiger partial charge < -0.3 is 15.0 Å². The molecule has 1 atom stereocenters. The third-order valence-electron chi connectivity index (χ3n) is 4.00. The van der Waals surface area contributed by atoms with E-state index >= 15 is 0 Å². The van der Waals surface area contributed by atoms with E-state index in [0.717, 1.165) is 26.2 Å². The van der Waals surface area contributed by atoms with E-state index in [1.165, 1.54) is 11.3 Å². The third kappa shape index (κ3) is 2.93. The number of hydrogen-bond donors (Lipinski definition) is 1. The minimum absolute atomic E-state index is 0.0559. The van der Waals surface area contributed by atoms with Crippen LogP contribution in [0.5, 0.6) is 0 Å². The Bertz CT molecular complexity index is 413. The molecule has 3 heteroatoms. The summed E-state index contributed by atoms with van der Waals surface area (Å²) in [6, 6.07) is 9.15. The van der Waals surface area contributed by atoms with Crippen LogP contribution >= 0.6 is 0 Å². The highest BCUT2D eigenvalue weighted by atomic mass is 16.5. The van der Waals surface area contributed by atoms with Gasteiger partial charge in [-0.25, -0.2) is 0 Å². The second-order valence-corrected chi connectivity index (χ2v) is 5.82. The number of para-hydroxylation sites is 1. The Kier molecular flexibility index (Phi) is 4.48. The Morgan fingerprint density at radius 1 is 1.37 bits per heavy atom. The van der Waals surface area contributed by atoms with Gasteiger partial charge in [0.15, 0.2) is 0 Å². The second-order valence-electron chi connectivity index (χ2n) is 5.82. The minimum Gasteiger partial charge on any atom is -0.377 e. The maximum atomic E-state index is 5.63. The number of anilines is 1. The van der Waals surface area contributed by atoms with Crippen molar-refractivity contribution in [3.63, 3.8) is 0 Å². The summed E-state index contributed by atoms with van der Waals surface area (Å²) in [7, 11) is 2.04. The molecule has 0 saturated carbocycles. The predicted octanol–water partition coefficient (Wildman–Crippen LogP) is 2.97. The fourth-order valence-electron chi connectivity index (χ4n) is 2.91. The van der Waals surface area contributed by atoms with Crippen LogP contribution in [0.25, 0.3) is 0 Å². The number of morpholine rings is 1. The van der Waals surface area contributed by atoms with Gasteiger partial charge in [-0.05, 0) is 38.9 Å². The summed E-state index contributed by atoms with van der Waals surface area (Å²) < 4.78 is 5.63. The quantitative estimate of drug-likeness (QED) is 0.903. The lowest BCUT2D eigenvalue weighted by Gasteiger charge is -2.45. The first kappa shape index (κ1) is 14.4. The van der Waals surface area contributed by atoms with Gasteiger partial charge in [0, 0.05) is 18.3 Å². The smallest absolute Gasteiger partial charge is 0.0694 e. The van der Waals surface area contributed by atoms with Gasteiger partial charge in [-0.2, -0.15) is 0 Å². The van der Waals surface area contributed by atoms with E-state index in [2.05, 4.69) is 55.3 Å². The number of benzene rings is 1. The molecular weight excluding hydrogens is 236 g/mol. The average molecular weight is 262 g/mol. The molecule has 0 amide bonds. The van der Waals surface area contributed by atoms with Crippen LogP contribution in [0.2, 0.25) is 0 Å². The summed E-state index contributed by atoms with van der Waals surface area (Å²) >= 11 is 0. The molecule has 2 rings (SSSR count). The van der Waals surface area contributed by atoms with Gasteiger partial charge in [0.2, 0.25) is 0 Å². The minimum atomic E-state index is 0.0559. The van der Waals surface area contributed by atoms with Crippen molar-refractivity contribution in [2.45, 2.75) is 38.8 Å². The molecular formula is C16H26N2O. The lowest BCUT2D eigenvalue weighted by molar-refractivity contribution is 0.0642. The topological polar surface area (TPSA) is 24.5 Å². The molecule has 1 heterocycles. The fraction of sp³-hybridized carbons (Fsp3) is 0.625. The fourth-order valence-corrected chi connectivity index (χ4v) is 2.91. The summed E-state index contributed by atoms with van der Waals surface area (Å²) in [5.74, 6) is 0. The molecule has 0 aliphatic carbocycles. The van der Waals surface area contributed by atoms with E-state index in [1.807, 2.05) is 7.05 Å². The molecule has 1 aliphatic heterocycles. The summed E-state index contributed by atoms with van der Waals surface area (Å²) in [6.07, 6.45) is 1.10. The van der Waals surface area contributed by atoms with Crippen LogP contribution in [0.15, 0.2) is 24.3 Å². The first-order valence-electron chi connectivity index (χ1n) is 7.21. The molecule has 3 nitrogen and oxygen atoms in total. The van der Waals surface area contributed by atoms with E-state index in [4.69, 9.17) is 4.74 Å². The maximum absolute atomic E-state index is 5.63. The first-order chi connectivity index (χ1) is 9.10. The van der Waals surface area contributed by atoms with Gasteiger partial charge in [0.25, 0.3) is 0 Å². The molecule has 1 aliphatic rings. The highest BCUT2D eigenvalue weighted by Gasteiger charge is 2.32. The zero-order valence-corrected chi connectivity index (χ0v) is 12.6. The molecule has 1 aromatic carbocycles. The Morgan fingerprint density at radius 2 is 2.11 bits per heavy atom. The Balaban J connectivity index is 2.38. The van der Waals surface area contributed by atoms with E-state index in [0.29, 0.717) is 6.04 Å². The molecule has 1 N–H and O–H groups in total. The second kappa shape index (κ2) is 5.93. The molecule has 19 heavy (non-hydrogen) atoms. The molecule has 1 aromatic rings. The van der Waals surface area contributed by atoms with Gasteiger partial charge in [-0.3, -0.25) is 0 Å². The monoisotopic (exact) mass is 262 g/mol. The number of nitrogens with one attached hydrogen (secondary N) is 1. The van der Waals surface area contributed by atoms with E-state index in [-0.39, 0.29) is 5.54 Å². The molecule has 0 radical (unpaired) electrons. The molecule has 0 bridgehead atoms. The maximum Gasteiger partial charge on any atom is 0.0694 e. The normalized spacial score (nSPS) is 20.3. The van der Waals surface area contributed by atoms with Gasteiger partial charge in [0.1, 0.15) is 0 Å². The van der Waals surface area contributed by atoms with Crippen LogP contribution < -0.4 is 10.2 Å². The van der Waals surface area contributed by atoms with Crippen LogP contribution in [0.4, 0.5) is 5.69 Å². The first-order valence-corrected chi connectivity index (χ1v) is 7.21. The van der Waals surface area contributed by atoms with Crippen molar-refractivity contribution in [1.82, 2.24) is 5.32 Å². The Labute approximate surface area is 116 Å². The van der Waals surface area contributed by atoms with Crippen molar-refractivity contribution in [2.24, 2.45) is 0 Å². The van der Waals surface area contributed by atoms with E-state index in [1.54, 1.807) is 0 Å². The zero-order valence-electron chi connectivity index (χ0n) is 12.6. The molecule has 1 saturated heterocycles. The Hall–Kier alpha value is -1.06. The summed E-state index contributed by atoms with van der Waals surface area (Å²) in [4.78, 5) is 2.49. The standard InChI is InChI=1S/C16H26N2O/c1-5-14(17-4)13-8-6-7-9-15(13)18-10-11-19-12-16(18,2)3/h6-9,14,17H,5,10-12H2,1-4H3. The van der Waals surface area contributed by atoms with Crippen LogP contribution in [0.3, 0.4) is 0 Å². The average Bonchev–Trinajstić information content (AvgIpc) is 2.41. The highest BCUT2D eigenvalue weighted by Crippen LogP contribution is 2.33. The summed E-state index contributed by atoms with van der Waals surface area (Å²) in [6.45, 7) is 9.30. The van der Waals surface area contributed by atoms with Crippen molar-refractivity contribution in [3.05, 3.63) is 29.8 Å². The lowest BCUT2D eigenvalue weighted by Crippen LogP contribution is -2.53. The van der Waals surface area contributed by atoms with Crippen molar-refractivity contribution in [2.75, 3.05) is 31.7 Å². The van der Waals surface area contributed by atoms with Gasteiger partial charge in [-0.15, -0.1) is 0 Å². The van der Waals surface area contributed by atoms with Crippen molar-refractivity contribution >= 4 is 5.69 Å². The van der Waals surface area contributed by atoms with Gasteiger partial charge >= 0.3 is 0 Å². The third-order valence-corrected chi connectivity index (χ3v) is 4.00. The van der Waals surface area contributed by atoms with E-state index < -0.39 is 0 Å². The largest absolute Gasteiger partial charge is 0.377 e. The number of nitrogens with zero attached hydrogens (tertiary/aromatic N) is 1. The number of hydrogen-bond acceptors (Lipinski definition) is 3. The number of ether oxygens (including phenoxy) is 1. The van der Waals surface area contributed by atoms with Crippen LogP contribution in [0.1, 0.15) is 38.8 Å². The van der Waals surface area contributed by atoms with Crippen molar-refractivity contribution in [1.29, 1.82) is 0 Å². The van der Waals surface area contributed by atoms with Gasteiger partial charge in [-0.1, -0.05) is 25.1 Å². The lowest BCUT2D eigenvalue weighted by atomic mass is 9.96. The Morgan fingerprint density at radius 3 is 2.74 bits per heavy atom. The molecule has 0 spiro atoms. The van der Waals surface area contributed by atoms with Gasteiger partial charge in [0.05, 0.1) is 18.8 Å². The van der Waals surface area contributed by atoms with Crippen LogP contribution in [-0.2, 0) is 4.74 Å². The van der Waals surface area contributed by atoms with Crippen molar-refractivity contribution in [3.8, 4) is 0 Å². The summed E-state index contributed by atoms with van der Waals surface area (Å²) in [5, 5.41) is 3.42.